The number of fused-ring (bicyclic) bond motifs is 1. The van der Waals surface area contributed by atoms with Crippen molar-refractivity contribution in [3.05, 3.63) is 0 Å². The summed E-state index contributed by atoms with van der Waals surface area (Å²) in [4.78, 5) is 80.8. The Morgan fingerprint density at radius 2 is 1.56 bits per heavy atom. The number of amides is 6. The van der Waals surface area contributed by atoms with Crippen LogP contribution in [0.4, 0.5) is 9.59 Å². The van der Waals surface area contributed by atoms with Crippen molar-refractivity contribution in [3.63, 3.8) is 0 Å². The van der Waals surface area contributed by atoms with Crippen LogP contribution >= 0.6 is 0 Å². The first kappa shape index (κ1) is 36.1. The molecule has 2 unspecified atom stereocenters. The molecule has 0 aromatic rings. The maximum atomic E-state index is 14.2. The number of nitrogens with zero attached hydrogens (tertiary/aromatic N) is 2. The Labute approximate surface area is 267 Å². The maximum absolute atomic E-state index is 14.2. The molecule has 254 valence electrons. The highest BCUT2D eigenvalue weighted by atomic mass is 16.6. The quantitative estimate of drug-likeness (QED) is 0.251. The molecule has 6 atom stereocenters. The lowest BCUT2D eigenvalue weighted by Crippen LogP contribution is -2.62. The van der Waals surface area contributed by atoms with E-state index in [-0.39, 0.29) is 29.8 Å². The van der Waals surface area contributed by atoms with Gasteiger partial charge < -0.3 is 36.2 Å². The van der Waals surface area contributed by atoms with Crippen molar-refractivity contribution in [2.75, 3.05) is 27.2 Å². The minimum atomic E-state index is -1.10. The van der Waals surface area contributed by atoms with E-state index in [9.17, 15) is 28.8 Å². The molecule has 1 saturated heterocycles. The van der Waals surface area contributed by atoms with E-state index < -0.39 is 70.6 Å². The van der Waals surface area contributed by atoms with Crippen LogP contribution in [0.1, 0.15) is 81.1 Å². The molecule has 2 saturated carbocycles. The van der Waals surface area contributed by atoms with Crippen LogP contribution in [0.2, 0.25) is 0 Å². The van der Waals surface area contributed by atoms with Gasteiger partial charge >= 0.3 is 12.1 Å². The first-order valence-corrected chi connectivity index (χ1v) is 15.9. The third-order valence-electron chi connectivity index (χ3n) is 9.91. The van der Waals surface area contributed by atoms with Crippen LogP contribution in [-0.2, 0) is 23.9 Å². The molecule has 1 aliphatic heterocycles. The molecule has 3 rings (SSSR count). The zero-order chi connectivity index (χ0) is 34.2. The second kappa shape index (κ2) is 13.2. The summed E-state index contributed by atoms with van der Waals surface area (Å²) in [5.41, 5.74) is 3.92. The number of urea groups is 1. The standard InChI is InChI=1S/C32H54N6O7/c1-30(2,3)20(16-45-29(44)37(9)10)35-28(43)36-24(31(4,5)6)27(42)38-15-18-21(32(18,7)8)22(38)26(41)34-19(23(39)25(33)40)14-17-12-11-13-17/h17-22,24H,11-16H2,1-10H3,(H2,33,40)(H,34,41)(H2,35,36,43)/t18-,19?,20+,21-,22?,24+/m0/s1. The second-order valence-electron chi connectivity index (χ2n) is 16.0. The summed E-state index contributed by atoms with van der Waals surface area (Å²) in [7, 11) is 3.13. The molecular formula is C32H54N6O7. The predicted molar refractivity (Wildman–Crippen MR) is 168 cm³/mol. The third-order valence-corrected chi connectivity index (χ3v) is 9.91. The van der Waals surface area contributed by atoms with Crippen LogP contribution < -0.4 is 21.7 Å². The topological polar surface area (TPSA) is 180 Å². The van der Waals surface area contributed by atoms with Gasteiger partial charge in [-0.1, -0.05) is 74.7 Å². The maximum Gasteiger partial charge on any atom is 0.409 e. The Morgan fingerprint density at radius 1 is 0.956 bits per heavy atom. The zero-order valence-corrected chi connectivity index (χ0v) is 28.6. The number of hydrogen-bond donors (Lipinski definition) is 4. The average molecular weight is 635 g/mol. The minimum absolute atomic E-state index is 0.0685. The molecule has 1 heterocycles. The first-order chi connectivity index (χ1) is 20.6. The summed E-state index contributed by atoms with van der Waals surface area (Å²) in [6.07, 6.45) is 2.66. The lowest BCUT2D eigenvalue weighted by molar-refractivity contribution is -0.145. The average Bonchev–Trinajstić information content (AvgIpc) is 3.20. The Hall–Kier alpha value is -3.38. The van der Waals surface area contributed by atoms with E-state index in [4.69, 9.17) is 10.5 Å². The highest BCUT2D eigenvalue weighted by Gasteiger charge is 2.70. The number of ketones is 1. The molecule has 0 aromatic heterocycles. The van der Waals surface area contributed by atoms with Crippen molar-refractivity contribution in [1.29, 1.82) is 0 Å². The van der Waals surface area contributed by atoms with Crippen LogP contribution in [-0.4, -0.2) is 96.8 Å². The van der Waals surface area contributed by atoms with Gasteiger partial charge in [-0.3, -0.25) is 19.2 Å². The van der Waals surface area contributed by atoms with Gasteiger partial charge in [0.1, 0.15) is 18.7 Å². The largest absolute Gasteiger partial charge is 0.447 e. The number of rotatable bonds is 11. The van der Waals surface area contributed by atoms with Crippen LogP contribution in [0.15, 0.2) is 0 Å². The molecular weight excluding hydrogens is 580 g/mol. The van der Waals surface area contributed by atoms with E-state index in [0.29, 0.717) is 13.0 Å². The van der Waals surface area contributed by atoms with Crippen LogP contribution in [0, 0.1) is 34.0 Å². The fourth-order valence-corrected chi connectivity index (χ4v) is 6.47. The predicted octanol–water partition coefficient (Wildman–Crippen LogP) is 2.03. The molecule has 0 radical (unpaired) electrons. The van der Waals surface area contributed by atoms with Crippen molar-refractivity contribution in [3.8, 4) is 0 Å². The number of nitrogens with two attached hydrogens (primary N) is 1. The van der Waals surface area contributed by atoms with Crippen molar-refractivity contribution >= 4 is 35.6 Å². The molecule has 45 heavy (non-hydrogen) atoms. The van der Waals surface area contributed by atoms with Crippen molar-refractivity contribution in [2.24, 2.45) is 39.7 Å². The number of ether oxygens (including phenoxy) is 1. The summed E-state index contributed by atoms with van der Waals surface area (Å²) in [5, 5.41) is 8.48. The van der Waals surface area contributed by atoms with E-state index in [1.165, 1.54) is 9.80 Å². The molecule has 5 N–H and O–H groups in total. The molecule has 3 fully saturated rings. The lowest BCUT2D eigenvalue weighted by atomic mass is 9.80. The van der Waals surface area contributed by atoms with Gasteiger partial charge in [-0.05, 0) is 40.4 Å². The number of carbonyl (C=O) groups excluding carboxylic acids is 6. The molecule has 0 aromatic carbocycles. The summed E-state index contributed by atoms with van der Waals surface area (Å²) < 4.78 is 5.34. The van der Waals surface area contributed by atoms with Crippen molar-refractivity contribution in [1.82, 2.24) is 25.8 Å². The van der Waals surface area contributed by atoms with Crippen molar-refractivity contribution < 1.29 is 33.5 Å². The Morgan fingerprint density at radius 3 is 2.02 bits per heavy atom. The SMILES string of the molecule is CN(C)C(=O)OC[C@@H](NC(=O)N[C@H](C(=O)N1C[C@H]2[C@@H](C1C(=O)NC(CC1CCC1)C(=O)C(N)=O)C2(C)C)C(C)(C)C)C(C)(C)C. The van der Waals surface area contributed by atoms with Gasteiger partial charge in [0.05, 0.1) is 12.1 Å². The Kier molecular flexibility index (Phi) is 10.6. The summed E-state index contributed by atoms with van der Waals surface area (Å²) in [5.74, 6) is -2.69. The van der Waals surface area contributed by atoms with Gasteiger partial charge in [-0.25, -0.2) is 9.59 Å². The van der Waals surface area contributed by atoms with Crippen molar-refractivity contribution in [2.45, 2.75) is 105 Å². The second-order valence-corrected chi connectivity index (χ2v) is 16.0. The minimum Gasteiger partial charge on any atom is -0.447 e. The highest BCUT2D eigenvalue weighted by Crippen LogP contribution is 2.65. The zero-order valence-electron chi connectivity index (χ0n) is 28.6. The monoisotopic (exact) mass is 634 g/mol. The summed E-state index contributed by atoms with van der Waals surface area (Å²) >= 11 is 0. The molecule has 0 spiro atoms. The van der Waals surface area contributed by atoms with Crippen LogP contribution in [0.3, 0.4) is 0 Å². The summed E-state index contributed by atoms with van der Waals surface area (Å²) in [6, 6.07) is -4.09. The molecule has 3 aliphatic rings. The number of piperidine rings is 1. The van der Waals surface area contributed by atoms with Gasteiger partial charge in [0.25, 0.3) is 5.91 Å². The Balaban J connectivity index is 1.80. The van der Waals surface area contributed by atoms with Gasteiger partial charge in [-0.2, -0.15) is 0 Å². The van der Waals surface area contributed by atoms with E-state index in [2.05, 4.69) is 16.0 Å². The van der Waals surface area contributed by atoms with Gasteiger partial charge in [0.2, 0.25) is 17.6 Å². The van der Waals surface area contributed by atoms with E-state index in [1.807, 2.05) is 55.4 Å². The smallest absolute Gasteiger partial charge is 0.409 e. The number of primary amides is 1. The summed E-state index contributed by atoms with van der Waals surface area (Å²) in [6.45, 7) is 15.5. The fraction of sp³-hybridized carbons (Fsp3) is 0.812. The molecule has 0 bridgehead atoms. The van der Waals surface area contributed by atoms with Crippen LogP contribution in [0.5, 0.6) is 0 Å². The van der Waals surface area contributed by atoms with E-state index in [0.717, 1.165) is 19.3 Å². The normalized spacial score (nSPS) is 24.2. The number of likely N-dealkylation sites (tertiary alicyclic amines) is 1. The molecule has 13 heteroatoms. The number of Topliss-reactive ketones (excluding diaryl/α,β-unsaturated/α-hetero) is 1. The number of carbonyl (C=O) groups is 6. The van der Waals surface area contributed by atoms with Gasteiger partial charge in [0, 0.05) is 20.6 Å². The van der Waals surface area contributed by atoms with E-state index >= 15 is 0 Å². The molecule has 2 aliphatic carbocycles. The first-order valence-electron chi connectivity index (χ1n) is 15.9. The third kappa shape index (κ3) is 8.26. The number of nitrogens with one attached hydrogen (secondary N) is 3. The van der Waals surface area contributed by atoms with Gasteiger partial charge in [-0.15, -0.1) is 0 Å². The van der Waals surface area contributed by atoms with E-state index in [1.54, 1.807) is 14.1 Å². The van der Waals surface area contributed by atoms with Gasteiger partial charge in [0.15, 0.2) is 0 Å². The molecule has 13 nitrogen and oxygen atoms in total. The Bertz CT molecular complexity index is 1180. The van der Waals surface area contributed by atoms with Crippen LogP contribution in [0.25, 0.3) is 0 Å². The lowest BCUT2D eigenvalue weighted by Gasteiger charge is -2.39. The number of hydrogen-bond acceptors (Lipinski definition) is 7. The highest BCUT2D eigenvalue weighted by molar-refractivity contribution is 6.37. The molecule has 6 amide bonds. The fourth-order valence-electron chi connectivity index (χ4n) is 6.47.